The van der Waals surface area contributed by atoms with E-state index in [0.29, 0.717) is 29.4 Å². The van der Waals surface area contributed by atoms with Crippen LogP contribution in [-0.2, 0) is 16.1 Å². The predicted octanol–water partition coefficient (Wildman–Crippen LogP) is 4.31. The van der Waals surface area contributed by atoms with Crippen molar-refractivity contribution in [3.05, 3.63) is 89.4 Å². The molecule has 1 fully saturated rings. The van der Waals surface area contributed by atoms with Gasteiger partial charge < -0.3 is 23.9 Å². The van der Waals surface area contributed by atoms with E-state index in [9.17, 15) is 14.7 Å². The molecule has 1 aliphatic heterocycles. The second kappa shape index (κ2) is 9.01. The van der Waals surface area contributed by atoms with Gasteiger partial charge in [-0.3, -0.25) is 9.59 Å². The summed E-state index contributed by atoms with van der Waals surface area (Å²) in [5.74, 6) is 0.0108. The van der Waals surface area contributed by atoms with Crippen molar-refractivity contribution in [3.63, 3.8) is 0 Å². The number of carbonyl (C=O) groups excluding carboxylic acids is 2. The molecule has 2 heterocycles. The number of amides is 1. The van der Waals surface area contributed by atoms with Gasteiger partial charge in [0.15, 0.2) is 0 Å². The molecule has 0 aliphatic carbocycles. The Labute approximate surface area is 185 Å². The van der Waals surface area contributed by atoms with Crippen LogP contribution in [-0.4, -0.2) is 35.4 Å². The lowest BCUT2D eigenvalue weighted by atomic mass is 9.99. The number of benzene rings is 2. The van der Waals surface area contributed by atoms with Gasteiger partial charge in [-0.05, 0) is 61.0 Å². The van der Waals surface area contributed by atoms with Crippen molar-refractivity contribution >= 4 is 17.4 Å². The highest BCUT2D eigenvalue weighted by Crippen LogP contribution is 2.40. The van der Waals surface area contributed by atoms with Crippen LogP contribution in [0.4, 0.5) is 0 Å². The molecule has 7 heteroatoms. The summed E-state index contributed by atoms with van der Waals surface area (Å²) in [7, 11) is 1.57. The van der Waals surface area contributed by atoms with Gasteiger partial charge in [0.2, 0.25) is 0 Å². The smallest absolute Gasteiger partial charge is 0.296 e. The molecule has 0 spiro atoms. The summed E-state index contributed by atoms with van der Waals surface area (Å²) in [6.45, 7) is 2.56. The summed E-state index contributed by atoms with van der Waals surface area (Å²) in [5, 5.41) is 11.0. The fourth-order valence-electron chi connectivity index (χ4n) is 3.74. The summed E-state index contributed by atoms with van der Waals surface area (Å²) in [4.78, 5) is 27.4. The SMILES string of the molecule is CCOc1ccc(/C(O)=C2/C(=O)C(=O)N(Cc3ccc(OC)cc3)C2c2ccco2)cc1. The van der Waals surface area contributed by atoms with Crippen molar-refractivity contribution in [1.82, 2.24) is 4.90 Å². The van der Waals surface area contributed by atoms with Crippen LogP contribution in [0.2, 0.25) is 0 Å². The number of aliphatic hydroxyl groups excluding tert-OH is 1. The Hall–Kier alpha value is -4.00. The lowest BCUT2D eigenvalue weighted by Crippen LogP contribution is -2.29. The molecule has 2 aromatic carbocycles. The standard InChI is InChI=1S/C25H23NO6/c1-3-31-19-12-8-17(9-13-19)23(27)21-22(20-5-4-14-32-20)26(25(29)24(21)28)15-16-6-10-18(30-2)11-7-16/h4-14,22,27H,3,15H2,1-2H3/b23-21-. The Morgan fingerprint density at radius 2 is 1.72 bits per heavy atom. The number of furan rings is 1. The van der Waals surface area contributed by atoms with Crippen molar-refractivity contribution in [1.29, 1.82) is 0 Å². The van der Waals surface area contributed by atoms with Gasteiger partial charge >= 0.3 is 0 Å². The molecule has 1 saturated heterocycles. The van der Waals surface area contributed by atoms with Crippen LogP contribution in [0.15, 0.2) is 76.9 Å². The first-order valence-corrected chi connectivity index (χ1v) is 10.2. The number of methoxy groups -OCH3 is 1. The van der Waals surface area contributed by atoms with Crippen LogP contribution in [0.3, 0.4) is 0 Å². The number of Topliss-reactive ketones (excluding diaryl/α,β-unsaturated/α-hetero) is 1. The van der Waals surface area contributed by atoms with Crippen LogP contribution in [0.1, 0.15) is 29.9 Å². The molecule has 1 atom stereocenters. The first-order valence-electron chi connectivity index (χ1n) is 10.2. The van der Waals surface area contributed by atoms with Crippen LogP contribution in [0.5, 0.6) is 11.5 Å². The van der Waals surface area contributed by atoms with E-state index in [1.54, 1.807) is 55.6 Å². The van der Waals surface area contributed by atoms with Gasteiger partial charge in [0.1, 0.15) is 29.1 Å². The molecule has 1 unspecified atom stereocenters. The third-order valence-electron chi connectivity index (χ3n) is 5.30. The third kappa shape index (κ3) is 3.97. The zero-order valence-electron chi connectivity index (χ0n) is 17.8. The summed E-state index contributed by atoms with van der Waals surface area (Å²) in [6, 6.07) is 16.4. The highest BCUT2D eigenvalue weighted by atomic mass is 16.5. The van der Waals surface area contributed by atoms with E-state index in [-0.39, 0.29) is 17.9 Å². The molecule has 32 heavy (non-hydrogen) atoms. The molecule has 4 rings (SSSR count). The van der Waals surface area contributed by atoms with Crippen molar-refractivity contribution in [3.8, 4) is 11.5 Å². The molecule has 1 amide bonds. The lowest BCUT2D eigenvalue weighted by Gasteiger charge is -2.23. The summed E-state index contributed by atoms with van der Waals surface area (Å²) in [5.41, 5.74) is 1.21. The second-order valence-electron chi connectivity index (χ2n) is 7.25. The van der Waals surface area contributed by atoms with Gasteiger partial charge in [-0.1, -0.05) is 12.1 Å². The minimum Gasteiger partial charge on any atom is -0.507 e. The topological polar surface area (TPSA) is 89.2 Å². The number of hydrogen-bond acceptors (Lipinski definition) is 6. The number of nitrogens with zero attached hydrogens (tertiary/aromatic N) is 1. The van der Waals surface area contributed by atoms with Crippen molar-refractivity contribution in [2.75, 3.05) is 13.7 Å². The van der Waals surface area contributed by atoms with Crippen LogP contribution < -0.4 is 9.47 Å². The minimum atomic E-state index is -0.848. The number of ether oxygens (including phenoxy) is 2. The van der Waals surface area contributed by atoms with Crippen LogP contribution >= 0.6 is 0 Å². The number of ketones is 1. The monoisotopic (exact) mass is 433 g/mol. The zero-order valence-corrected chi connectivity index (χ0v) is 17.8. The first kappa shape index (κ1) is 21.2. The third-order valence-corrected chi connectivity index (χ3v) is 5.30. The van der Waals surface area contributed by atoms with Gasteiger partial charge in [0, 0.05) is 12.1 Å². The van der Waals surface area contributed by atoms with E-state index in [0.717, 1.165) is 5.56 Å². The molecule has 3 aromatic rings. The van der Waals surface area contributed by atoms with E-state index in [4.69, 9.17) is 13.9 Å². The molecule has 1 aliphatic rings. The maximum absolute atomic E-state index is 13.0. The van der Waals surface area contributed by atoms with E-state index >= 15 is 0 Å². The number of aliphatic hydroxyl groups is 1. The zero-order chi connectivity index (χ0) is 22.7. The van der Waals surface area contributed by atoms with Gasteiger partial charge in [0.25, 0.3) is 11.7 Å². The molecular weight excluding hydrogens is 410 g/mol. The first-order chi connectivity index (χ1) is 15.5. The highest BCUT2D eigenvalue weighted by Gasteiger charge is 2.47. The fraction of sp³-hybridized carbons (Fsp3) is 0.200. The maximum atomic E-state index is 13.0. The fourth-order valence-corrected chi connectivity index (χ4v) is 3.74. The van der Waals surface area contributed by atoms with E-state index in [1.807, 2.05) is 19.1 Å². The predicted molar refractivity (Wildman–Crippen MR) is 117 cm³/mol. The van der Waals surface area contributed by atoms with Gasteiger partial charge in [0.05, 0.1) is 25.6 Å². The van der Waals surface area contributed by atoms with Gasteiger partial charge in [-0.25, -0.2) is 0 Å². The molecule has 164 valence electrons. The van der Waals surface area contributed by atoms with Crippen LogP contribution in [0.25, 0.3) is 5.76 Å². The molecule has 0 saturated carbocycles. The van der Waals surface area contributed by atoms with Gasteiger partial charge in [-0.2, -0.15) is 0 Å². The molecule has 1 aromatic heterocycles. The van der Waals surface area contributed by atoms with Crippen LogP contribution in [0, 0.1) is 0 Å². The number of hydrogen-bond donors (Lipinski definition) is 1. The highest BCUT2D eigenvalue weighted by molar-refractivity contribution is 6.46. The number of likely N-dealkylation sites (tertiary alicyclic amines) is 1. The Balaban J connectivity index is 1.74. The average molecular weight is 433 g/mol. The van der Waals surface area contributed by atoms with E-state index < -0.39 is 17.7 Å². The molecule has 1 N–H and O–H groups in total. The maximum Gasteiger partial charge on any atom is 0.296 e. The summed E-state index contributed by atoms with van der Waals surface area (Å²) in [6.07, 6.45) is 1.47. The summed E-state index contributed by atoms with van der Waals surface area (Å²) < 4.78 is 16.2. The normalized spacial score (nSPS) is 17.6. The Morgan fingerprint density at radius 1 is 1.03 bits per heavy atom. The number of carbonyl (C=O) groups is 2. The van der Waals surface area contributed by atoms with Crippen molar-refractivity contribution < 1.29 is 28.6 Å². The second-order valence-corrected chi connectivity index (χ2v) is 7.25. The average Bonchev–Trinajstić information content (AvgIpc) is 3.43. The molecular formula is C25H23NO6. The Morgan fingerprint density at radius 3 is 2.31 bits per heavy atom. The minimum absolute atomic E-state index is 0.0115. The Bertz CT molecular complexity index is 1130. The van der Waals surface area contributed by atoms with Crippen molar-refractivity contribution in [2.45, 2.75) is 19.5 Å². The van der Waals surface area contributed by atoms with Gasteiger partial charge in [-0.15, -0.1) is 0 Å². The van der Waals surface area contributed by atoms with E-state index in [2.05, 4.69) is 0 Å². The summed E-state index contributed by atoms with van der Waals surface area (Å²) >= 11 is 0. The molecule has 0 bridgehead atoms. The lowest BCUT2D eigenvalue weighted by molar-refractivity contribution is -0.140. The quantitative estimate of drug-likeness (QED) is 0.339. The van der Waals surface area contributed by atoms with E-state index in [1.165, 1.54) is 11.2 Å². The van der Waals surface area contributed by atoms with Crippen molar-refractivity contribution in [2.24, 2.45) is 0 Å². The molecule has 7 nitrogen and oxygen atoms in total. The molecule has 0 radical (unpaired) electrons. The number of rotatable bonds is 7. The Kier molecular flexibility index (Phi) is 5.98. The largest absolute Gasteiger partial charge is 0.507 e.